The number of methoxy groups -OCH3 is 1. The van der Waals surface area contributed by atoms with Crippen LogP contribution in [0.25, 0.3) is 0 Å². The first-order valence-electron chi connectivity index (χ1n) is 6.19. The van der Waals surface area contributed by atoms with Gasteiger partial charge in [-0.1, -0.05) is 0 Å². The summed E-state index contributed by atoms with van der Waals surface area (Å²) in [4.78, 5) is 16.9. The number of thiazole rings is 1. The maximum Gasteiger partial charge on any atom is 0.306 e. The van der Waals surface area contributed by atoms with Gasteiger partial charge in [0, 0.05) is 4.88 Å². The predicted molar refractivity (Wildman–Crippen MR) is 76.2 cm³/mol. The van der Waals surface area contributed by atoms with E-state index in [0.717, 1.165) is 23.6 Å². The molecule has 1 saturated carbocycles. The SMILES string of the molecule is COC(=O)CC1(CSCCc2scnc2C)CC1. The van der Waals surface area contributed by atoms with Gasteiger partial charge in [0.25, 0.3) is 0 Å². The molecule has 2 rings (SSSR count). The van der Waals surface area contributed by atoms with Crippen molar-refractivity contribution < 1.29 is 9.53 Å². The Kier molecular flexibility index (Phi) is 4.67. The molecule has 0 aromatic carbocycles. The summed E-state index contributed by atoms with van der Waals surface area (Å²) in [5, 5.41) is 0. The number of rotatable bonds is 7. The Balaban J connectivity index is 1.67. The van der Waals surface area contributed by atoms with Crippen LogP contribution < -0.4 is 0 Å². The smallest absolute Gasteiger partial charge is 0.306 e. The van der Waals surface area contributed by atoms with Gasteiger partial charge < -0.3 is 4.74 Å². The molecule has 1 heterocycles. The Hall–Kier alpha value is -0.550. The third kappa shape index (κ3) is 3.72. The molecule has 1 aromatic rings. The Morgan fingerprint density at radius 3 is 2.94 bits per heavy atom. The second-order valence-corrected chi connectivity index (χ2v) is 6.96. The van der Waals surface area contributed by atoms with E-state index in [1.807, 2.05) is 17.3 Å². The summed E-state index contributed by atoms with van der Waals surface area (Å²) < 4.78 is 4.75. The number of ether oxygens (including phenoxy) is 1. The van der Waals surface area contributed by atoms with E-state index in [4.69, 9.17) is 4.74 Å². The van der Waals surface area contributed by atoms with Crippen molar-refractivity contribution >= 4 is 29.1 Å². The summed E-state index contributed by atoms with van der Waals surface area (Å²) in [5.74, 6) is 2.14. The van der Waals surface area contributed by atoms with E-state index in [2.05, 4.69) is 11.9 Å². The van der Waals surface area contributed by atoms with E-state index in [0.29, 0.717) is 6.42 Å². The van der Waals surface area contributed by atoms with Crippen molar-refractivity contribution in [1.82, 2.24) is 4.98 Å². The highest BCUT2D eigenvalue weighted by molar-refractivity contribution is 7.99. The van der Waals surface area contributed by atoms with Crippen molar-refractivity contribution in [3.8, 4) is 0 Å². The minimum Gasteiger partial charge on any atom is -0.469 e. The van der Waals surface area contributed by atoms with Crippen molar-refractivity contribution in [3.05, 3.63) is 16.1 Å². The van der Waals surface area contributed by atoms with E-state index in [1.165, 1.54) is 24.8 Å². The third-order valence-electron chi connectivity index (χ3n) is 3.43. The molecule has 1 aliphatic rings. The lowest BCUT2D eigenvalue weighted by atomic mass is 10.1. The molecule has 0 aliphatic heterocycles. The highest BCUT2D eigenvalue weighted by Crippen LogP contribution is 2.51. The zero-order valence-electron chi connectivity index (χ0n) is 10.9. The number of hydrogen-bond acceptors (Lipinski definition) is 5. The molecule has 0 amide bonds. The van der Waals surface area contributed by atoms with Gasteiger partial charge in [0.1, 0.15) is 0 Å². The number of carbonyl (C=O) groups excluding carboxylic acids is 1. The lowest BCUT2D eigenvalue weighted by Gasteiger charge is -2.12. The van der Waals surface area contributed by atoms with Crippen molar-refractivity contribution in [3.63, 3.8) is 0 Å². The van der Waals surface area contributed by atoms with E-state index in [-0.39, 0.29) is 11.4 Å². The van der Waals surface area contributed by atoms with Crippen molar-refractivity contribution in [2.45, 2.75) is 32.6 Å². The number of aromatic nitrogens is 1. The van der Waals surface area contributed by atoms with Gasteiger partial charge in [-0.25, -0.2) is 4.98 Å². The monoisotopic (exact) mass is 285 g/mol. The van der Waals surface area contributed by atoms with Crippen LogP contribution in [0.15, 0.2) is 5.51 Å². The lowest BCUT2D eigenvalue weighted by molar-refractivity contribution is -0.141. The van der Waals surface area contributed by atoms with Gasteiger partial charge in [0.2, 0.25) is 0 Å². The fourth-order valence-corrected chi connectivity index (χ4v) is 4.17. The van der Waals surface area contributed by atoms with Gasteiger partial charge in [0.15, 0.2) is 0 Å². The first kappa shape index (κ1) is 13.9. The summed E-state index contributed by atoms with van der Waals surface area (Å²) in [5.41, 5.74) is 3.33. The Bertz CT molecular complexity index is 413. The van der Waals surface area contributed by atoms with Crippen LogP contribution in [0.2, 0.25) is 0 Å². The summed E-state index contributed by atoms with van der Waals surface area (Å²) >= 11 is 3.69. The molecule has 0 radical (unpaired) electrons. The third-order valence-corrected chi connectivity index (χ3v) is 5.73. The zero-order chi connectivity index (χ0) is 13.0. The molecule has 0 bridgehead atoms. The molecule has 0 saturated heterocycles. The summed E-state index contributed by atoms with van der Waals surface area (Å²) in [6.07, 6.45) is 4.04. The minimum atomic E-state index is -0.0635. The average molecular weight is 285 g/mol. The van der Waals surface area contributed by atoms with Crippen LogP contribution in [0.4, 0.5) is 0 Å². The largest absolute Gasteiger partial charge is 0.469 e. The first-order valence-corrected chi connectivity index (χ1v) is 8.22. The van der Waals surface area contributed by atoms with Crippen LogP contribution in [-0.2, 0) is 16.0 Å². The van der Waals surface area contributed by atoms with Crippen LogP contribution in [-0.4, -0.2) is 29.6 Å². The summed E-state index contributed by atoms with van der Waals surface area (Å²) in [6.45, 7) is 2.07. The molecule has 0 atom stereocenters. The number of thioether (sulfide) groups is 1. The predicted octanol–water partition coefficient (Wildman–Crippen LogP) is 3.07. The fraction of sp³-hybridized carbons (Fsp3) is 0.692. The molecule has 18 heavy (non-hydrogen) atoms. The first-order chi connectivity index (χ1) is 8.65. The molecule has 0 spiro atoms. The Labute approximate surface area is 116 Å². The van der Waals surface area contributed by atoms with Gasteiger partial charge in [0.05, 0.1) is 24.7 Å². The quantitative estimate of drug-likeness (QED) is 0.570. The Morgan fingerprint density at radius 2 is 2.39 bits per heavy atom. The van der Waals surface area contributed by atoms with Crippen LogP contribution >= 0.6 is 23.1 Å². The van der Waals surface area contributed by atoms with Crippen LogP contribution in [0.1, 0.15) is 29.8 Å². The Morgan fingerprint density at radius 1 is 1.61 bits per heavy atom. The van der Waals surface area contributed by atoms with Gasteiger partial charge in [-0.3, -0.25) is 4.79 Å². The summed E-state index contributed by atoms with van der Waals surface area (Å²) in [7, 11) is 1.47. The van der Waals surface area contributed by atoms with Crippen LogP contribution in [0, 0.1) is 12.3 Å². The maximum atomic E-state index is 11.3. The maximum absolute atomic E-state index is 11.3. The molecule has 1 aliphatic carbocycles. The van der Waals surface area contributed by atoms with Crippen molar-refractivity contribution in [1.29, 1.82) is 0 Å². The second-order valence-electron chi connectivity index (χ2n) is 4.92. The molecule has 0 N–H and O–H groups in total. The van der Waals surface area contributed by atoms with Gasteiger partial charge in [-0.2, -0.15) is 11.8 Å². The van der Waals surface area contributed by atoms with Gasteiger partial charge >= 0.3 is 5.97 Å². The number of esters is 1. The average Bonchev–Trinajstić information content (AvgIpc) is 3.00. The van der Waals surface area contributed by atoms with E-state index >= 15 is 0 Å². The number of hydrogen-bond donors (Lipinski definition) is 0. The second kappa shape index (κ2) is 6.06. The van der Waals surface area contributed by atoms with Crippen molar-refractivity contribution in [2.75, 3.05) is 18.6 Å². The van der Waals surface area contributed by atoms with Crippen LogP contribution in [0.5, 0.6) is 0 Å². The number of carbonyl (C=O) groups is 1. The normalized spacial score (nSPS) is 16.6. The standard InChI is InChI=1S/C13H19NO2S2/c1-10-11(18-9-14-10)3-6-17-8-13(4-5-13)7-12(15)16-2/h9H,3-8H2,1-2H3. The molecular weight excluding hydrogens is 266 g/mol. The van der Waals surface area contributed by atoms with Crippen LogP contribution in [0.3, 0.4) is 0 Å². The molecule has 1 aromatic heterocycles. The fourth-order valence-electron chi connectivity index (χ4n) is 1.95. The number of nitrogens with zero attached hydrogens (tertiary/aromatic N) is 1. The highest BCUT2D eigenvalue weighted by Gasteiger charge is 2.44. The molecule has 0 unspecified atom stereocenters. The molecule has 5 heteroatoms. The molecule has 3 nitrogen and oxygen atoms in total. The topological polar surface area (TPSA) is 39.2 Å². The van der Waals surface area contributed by atoms with E-state index < -0.39 is 0 Å². The van der Waals surface area contributed by atoms with Gasteiger partial charge in [-0.05, 0) is 43.1 Å². The molecule has 1 fully saturated rings. The zero-order valence-corrected chi connectivity index (χ0v) is 12.5. The van der Waals surface area contributed by atoms with E-state index in [9.17, 15) is 4.79 Å². The number of aryl methyl sites for hydroxylation is 2. The minimum absolute atomic E-state index is 0.0635. The molecule has 100 valence electrons. The summed E-state index contributed by atoms with van der Waals surface area (Å²) in [6, 6.07) is 0. The lowest BCUT2D eigenvalue weighted by Crippen LogP contribution is -2.13. The van der Waals surface area contributed by atoms with Gasteiger partial charge in [-0.15, -0.1) is 11.3 Å². The highest BCUT2D eigenvalue weighted by atomic mass is 32.2. The van der Waals surface area contributed by atoms with Crippen molar-refractivity contribution in [2.24, 2.45) is 5.41 Å². The van der Waals surface area contributed by atoms with E-state index in [1.54, 1.807) is 11.3 Å². The molecular formula is C13H19NO2S2.